The summed E-state index contributed by atoms with van der Waals surface area (Å²) in [5.74, 6) is 0.0559. The molecular formula is C14H13N3O. The van der Waals surface area contributed by atoms with Crippen LogP contribution in [-0.2, 0) is 5.41 Å². The summed E-state index contributed by atoms with van der Waals surface area (Å²) in [6.07, 6.45) is 6.38. The third-order valence-corrected chi connectivity index (χ3v) is 3.44. The zero-order valence-corrected chi connectivity index (χ0v) is 9.84. The molecule has 1 saturated carbocycles. The summed E-state index contributed by atoms with van der Waals surface area (Å²) in [5, 5.41) is 0. The zero-order valence-electron chi connectivity index (χ0n) is 9.84. The fourth-order valence-electron chi connectivity index (χ4n) is 2.24. The number of nitrogens with two attached hydrogens (primary N) is 1. The Bertz CT molecular complexity index is 574. The fourth-order valence-corrected chi connectivity index (χ4v) is 2.24. The first kappa shape index (κ1) is 10.9. The quantitative estimate of drug-likeness (QED) is 0.656. The Labute approximate surface area is 105 Å². The molecule has 1 heterocycles. The van der Waals surface area contributed by atoms with Crippen molar-refractivity contribution >= 4 is 11.5 Å². The highest BCUT2D eigenvalue weighted by Crippen LogP contribution is 2.50. The third-order valence-electron chi connectivity index (χ3n) is 3.44. The van der Waals surface area contributed by atoms with Gasteiger partial charge < -0.3 is 5.73 Å². The topological polar surface area (TPSA) is 68.9 Å². The molecule has 0 aliphatic heterocycles. The number of hydrogen-bond acceptors (Lipinski definition) is 4. The maximum Gasteiger partial charge on any atom is 0.193 e. The molecule has 0 atom stereocenters. The van der Waals surface area contributed by atoms with E-state index in [1.807, 2.05) is 24.3 Å². The number of aromatic nitrogens is 2. The molecule has 1 aromatic carbocycles. The van der Waals surface area contributed by atoms with Crippen LogP contribution in [-0.4, -0.2) is 15.8 Å². The second-order valence-electron chi connectivity index (χ2n) is 4.62. The third kappa shape index (κ3) is 1.66. The van der Waals surface area contributed by atoms with Crippen molar-refractivity contribution in [3.05, 3.63) is 54.1 Å². The van der Waals surface area contributed by atoms with Crippen LogP contribution in [0.2, 0.25) is 0 Å². The number of benzene rings is 1. The summed E-state index contributed by atoms with van der Waals surface area (Å²) in [5.41, 5.74) is 7.44. The Morgan fingerprint density at radius 3 is 2.44 bits per heavy atom. The second-order valence-corrected chi connectivity index (χ2v) is 4.62. The molecule has 1 aromatic heterocycles. The van der Waals surface area contributed by atoms with Gasteiger partial charge in [-0.1, -0.05) is 12.1 Å². The van der Waals surface area contributed by atoms with Crippen molar-refractivity contribution in [2.75, 3.05) is 5.73 Å². The van der Waals surface area contributed by atoms with E-state index in [2.05, 4.69) is 9.97 Å². The molecule has 1 fully saturated rings. The van der Waals surface area contributed by atoms with Gasteiger partial charge >= 0.3 is 0 Å². The molecule has 0 radical (unpaired) electrons. The Morgan fingerprint density at radius 1 is 1.17 bits per heavy atom. The van der Waals surface area contributed by atoms with Gasteiger partial charge in [-0.3, -0.25) is 9.78 Å². The predicted molar refractivity (Wildman–Crippen MR) is 68.1 cm³/mol. The normalized spacial score (nSPS) is 16.2. The van der Waals surface area contributed by atoms with Crippen LogP contribution >= 0.6 is 0 Å². The van der Waals surface area contributed by atoms with Gasteiger partial charge in [-0.25, -0.2) is 4.98 Å². The molecule has 2 N–H and O–H groups in total. The lowest BCUT2D eigenvalue weighted by Crippen LogP contribution is -2.21. The molecule has 0 unspecified atom stereocenters. The van der Waals surface area contributed by atoms with Gasteiger partial charge in [-0.15, -0.1) is 0 Å². The summed E-state index contributed by atoms with van der Waals surface area (Å²) in [6.45, 7) is 0. The van der Waals surface area contributed by atoms with E-state index in [1.165, 1.54) is 6.20 Å². The average Bonchev–Trinajstić information content (AvgIpc) is 3.21. The lowest BCUT2D eigenvalue weighted by atomic mass is 9.89. The van der Waals surface area contributed by atoms with Gasteiger partial charge in [-0.2, -0.15) is 0 Å². The summed E-state index contributed by atoms with van der Waals surface area (Å²) in [6, 6.07) is 7.52. The minimum Gasteiger partial charge on any atom is -0.399 e. The zero-order chi connectivity index (χ0) is 12.6. The molecule has 0 saturated heterocycles. The molecule has 18 heavy (non-hydrogen) atoms. The number of nitrogen functional groups attached to an aromatic ring is 1. The Morgan fingerprint density at radius 2 is 1.89 bits per heavy atom. The molecule has 4 heteroatoms. The smallest absolute Gasteiger partial charge is 0.193 e. The lowest BCUT2D eigenvalue weighted by Gasteiger charge is -2.13. The van der Waals surface area contributed by atoms with Crippen molar-refractivity contribution in [3.63, 3.8) is 0 Å². The number of Topliss-reactive ketones (excluding diaryl/α,β-unsaturated/α-hetero) is 1. The molecule has 90 valence electrons. The first-order chi connectivity index (χ1) is 8.72. The lowest BCUT2D eigenvalue weighted by molar-refractivity contribution is 0.0940. The van der Waals surface area contributed by atoms with Crippen molar-refractivity contribution in [2.24, 2.45) is 0 Å². The number of nitrogens with zero attached hydrogens (tertiary/aromatic N) is 2. The molecule has 1 aliphatic carbocycles. The molecule has 0 bridgehead atoms. The molecule has 0 amide bonds. The summed E-state index contributed by atoms with van der Waals surface area (Å²) < 4.78 is 0. The highest BCUT2D eigenvalue weighted by molar-refractivity contribution is 6.04. The number of carbonyl (C=O) groups is 1. The number of carbonyl (C=O) groups excluding carboxylic acids is 1. The van der Waals surface area contributed by atoms with E-state index in [9.17, 15) is 4.79 Å². The predicted octanol–water partition coefficient (Wildman–Crippen LogP) is 1.97. The summed E-state index contributed by atoms with van der Waals surface area (Å²) >= 11 is 0. The van der Waals surface area contributed by atoms with Crippen LogP contribution in [0.3, 0.4) is 0 Å². The van der Waals surface area contributed by atoms with Gasteiger partial charge in [0.25, 0.3) is 0 Å². The SMILES string of the molecule is Nc1ccc(C2(C(=O)c3cnccn3)CC2)cc1. The van der Waals surface area contributed by atoms with Crippen molar-refractivity contribution in [1.82, 2.24) is 9.97 Å². The Kier molecular flexibility index (Phi) is 2.37. The minimum absolute atomic E-state index is 0.0559. The van der Waals surface area contributed by atoms with Gasteiger partial charge in [0, 0.05) is 18.1 Å². The molecule has 1 aliphatic rings. The Hall–Kier alpha value is -2.23. The van der Waals surface area contributed by atoms with E-state index in [0.717, 1.165) is 18.4 Å². The van der Waals surface area contributed by atoms with Crippen LogP contribution in [0.25, 0.3) is 0 Å². The highest BCUT2D eigenvalue weighted by atomic mass is 16.1. The first-order valence-electron chi connectivity index (χ1n) is 5.89. The van der Waals surface area contributed by atoms with Gasteiger partial charge in [0.05, 0.1) is 11.6 Å². The largest absolute Gasteiger partial charge is 0.399 e. The minimum atomic E-state index is -0.399. The van der Waals surface area contributed by atoms with Crippen molar-refractivity contribution in [3.8, 4) is 0 Å². The van der Waals surface area contributed by atoms with Gasteiger partial charge in [-0.05, 0) is 30.5 Å². The summed E-state index contributed by atoms with van der Waals surface area (Å²) in [7, 11) is 0. The maximum atomic E-state index is 12.5. The number of hydrogen-bond donors (Lipinski definition) is 1. The monoisotopic (exact) mass is 239 g/mol. The van der Waals surface area contributed by atoms with Crippen LogP contribution in [0.4, 0.5) is 5.69 Å². The van der Waals surface area contributed by atoms with Gasteiger partial charge in [0.1, 0.15) is 5.69 Å². The summed E-state index contributed by atoms with van der Waals surface area (Å²) in [4.78, 5) is 20.5. The van der Waals surface area contributed by atoms with Crippen LogP contribution in [0.15, 0.2) is 42.9 Å². The van der Waals surface area contributed by atoms with Crippen molar-refractivity contribution < 1.29 is 4.79 Å². The van der Waals surface area contributed by atoms with E-state index in [1.54, 1.807) is 12.4 Å². The van der Waals surface area contributed by atoms with E-state index in [-0.39, 0.29) is 5.78 Å². The first-order valence-corrected chi connectivity index (χ1v) is 5.89. The molecule has 4 nitrogen and oxygen atoms in total. The second kappa shape index (κ2) is 3.91. The van der Waals surface area contributed by atoms with Crippen molar-refractivity contribution in [2.45, 2.75) is 18.3 Å². The van der Waals surface area contributed by atoms with Crippen LogP contribution < -0.4 is 5.73 Å². The van der Waals surface area contributed by atoms with Gasteiger partial charge in [0.15, 0.2) is 5.78 Å². The van der Waals surface area contributed by atoms with Crippen LogP contribution in [0, 0.1) is 0 Å². The Balaban J connectivity index is 1.96. The number of anilines is 1. The maximum absolute atomic E-state index is 12.5. The molecule has 3 rings (SSSR count). The molecule has 2 aromatic rings. The number of ketones is 1. The van der Waals surface area contributed by atoms with Crippen LogP contribution in [0.5, 0.6) is 0 Å². The fraction of sp³-hybridized carbons (Fsp3) is 0.214. The van der Waals surface area contributed by atoms with E-state index in [4.69, 9.17) is 5.73 Å². The molecule has 0 spiro atoms. The van der Waals surface area contributed by atoms with Crippen LogP contribution in [0.1, 0.15) is 28.9 Å². The van der Waals surface area contributed by atoms with E-state index >= 15 is 0 Å². The van der Waals surface area contributed by atoms with Crippen molar-refractivity contribution in [1.29, 1.82) is 0 Å². The van der Waals surface area contributed by atoms with E-state index < -0.39 is 5.41 Å². The van der Waals surface area contributed by atoms with Gasteiger partial charge in [0.2, 0.25) is 0 Å². The standard InChI is InChI=1S/C14H13N3O/c15-11-3-1-10(2-4-11)14(5-6-14)13(18)12-9-16-7-8-17-12/h1-4,7-9H,5-6,15H2. The average molecular weight is 239 g/mol. The van der Waals surface area contributed by atoms with E-state index in [0.29, 0.717) is 11.4 Å². The molecular weight excluding hydrogens is 226 g/mol. The highest BCUT2D eigenvalue weighted by Gasteiger charge is 2.51. The number of rotatable bonds is 3.